The summed E-state index contributed by atoms with van der Waals surface area (Å²) >= 11 is 0. The molecule has 2 fully saturated rings. The van der Waals surface area contributed by atoms with E-state index in [4.69, 9.17) is 0 Å². The lowest BCUT2D eigenvalue weighted by molar-refractivity contribution is -0.131. The molecule has 2 rings (SSSR count). The highest BCUT2D eigenvalue weighted by atomic mass is 16.2. The number of hydrogen-bond acceptors (Lipinski definition) is 4. The minimum Gasteiger partial charge on any atom is -0.351 e. The normalized spacial score (nSPS) is 27.7. The van der Waals surface area contributed by atoms with Crippen LogP contribution in [-0.2, 0) is 9.59 Å². The number of nitrogens with zero attached hydrogens (tertiary/aromatic N) is 3. The van der Waals surface area contributed by atoms with Gasteiger partial charge in [0.1, 0.15) is 0 Å². The van der Waals surface area contributed by atoms with Crippen molar-refractivity contribution in [2.75, 3.05) is 45.8 Å². The summed E-state index contributed by atoms with van der Waals surface area (Å²) in [5.74, 6) is 0.769. The fraction of sp³-hybridized carbons (Fsp3) is 0.765. The van der Waals surface area contributed by atoms with Crippen molar-refractivity contribution >= 4 is 11.8 Å². The molecule has 0 aromatic carbocycles. The lowest BCUT2D eigenvalue weighted by Gasteiger charge is -2.39. The number of hydrogen-bond donors (Lipinski definition) is 1. The molecule has 2 aliphatic rings. The Morgan fingerprint density at radius 2 is 1.91 bits per heavy atom. The number of carbonyl (C=O) groups is 2. The van der Waals surface area contributed by atoms with Crippen LogP contribution in [-0.4, -0.2) is 84.4 Å². The Labute approximate surface area is 139 Å². The monoisotopic (exact) mass is 322 g/mol. The van der Waals surface area contributed by atoms with Gasteiger partial charge >= 0.3 is 0 Å². The molecule has 1 N–H and O–H groups in total. The number of nitrogens with one attached hydrogen (secondary N) is 1. The highest BCUT2D eigenvalue weighted by molar-refractivity contribution is 5.81. The minimum absolute atomic E-state index is 0.0687. The quantitative estimate of drug-likeness (QED) is 0.733. The van der Waals surface area contributed by atoms with E-state index >= 15 is 0 Å². The molecule has 6 nitrogen and oxygen atoms in total. The zero-order valence-electron chi connectivity index (χ0n) is 14.6. The molecule has 130 valence electrons. The van der Waals surface area contributed by atoms with E-state index in [2.05, 4.69) is 28.6 Å². The largest absolute Gasteiger partial charge is 0.351 e. The predicted molar refractivity (Wildman–Crippen MR) is 91.0 cm³/mol. The predicted octanol–water partition coefficient (Wildman–Crippen LogP) is 0.162. The van der Waals surface area contributed by atoms with Gasteiger partial charge < -0.3 is 10.2 Å². The van der Waals surface area contributed by atoms with Crippen molar-refractivity contribution in [3.05, 3.63) is 12.7 Å². The molecule has 6 heteroatoms. The third-order valence-corrected chi connectivity index (χ3v) is 5.18. The van der Waals surface area contributed by atoms with E-state index in [9.17, 15) is 9.59 Å². The Morgan fingerprint density at radius 1 is 1.26 bits per heavy atom. The van der Waals surface area contributed by atoms with Crippen LogP contribution in [0.1, 0.15) is 20.8 Å². The maximum Gasteiger partial charge on any atom is 0.237 e. The molecule has 0 aromatic heterocycles. The molecule has 2 heterocycles. The second-order valence-electron chi connectivity index (χ2n) is 6.75. The maximum absolute atomic E-state index is 12.1. The summed E-state index contributed by atoms with van der Waals surface area (Å²) in [5, 5.41) is 2.88. The summed E-state index contributed by atoms with van der Waals surface area (Å²) in [5.41, 5.74) is 0. The third-order valence-electron chi connectivity index (χ3n) is 5.18. The Bertz CT molecular complexity index is 446. The number of carbonyl (C=O) groups excluding carboxylic acids is 2. The fourth-order valence-electron chi connectivity index (χ4n) is 3.63. The summed E-state index contributed by atoms with van der Waals surface area (Å²) in [6, 6.07) is 0.361. The Hall–Kier alpha value is -1.40. The molecule has 0 saturated carbocycles. The van der Waals surface area contributed by atoms with Crippen LogP contribution >= 0.6 is 0 Å². The first-order valence-electron chi connectivity index (χ1n) is 8.56. The van der Waals surface area contributed by atoms with Crippen molar-refractivity contribution in [1.82, 2.24) is 20.0 Å². The van der Waals surface area contributed by atoms with E-state index in [1.165, 1.54) is 0 Å². The molecule has 0 aliphatic carbocycles. The van der Waals surface area contributed by atoms with E-state index in [1.54, 1.807) is 13.0 Å². The van der Waals surface area contributed by atoms with Crippen LogP contribution in [0.5, 0.6) is 0 Å². The van der Waals surface area contributed by atoms with Crippen LogP contribution in [0, 0.1) is 5.92 Å². The standard InChI is InChI=1S/C17H30N4O2/c1-5-6-18-17(23)14(3)21-11-13(2)16(12-21)20-9-7-19(8-10-20)15(4)22/h5,13-14,16H,1,6-12H2,2-4H3,(H,18,23). The molecule has 0 spiro atoms. The van der Waals surface area contributed by atoms with Crippen LogP contribution < -0.4 is 5.32 Å². The second kappa shape index (κ2) is 7.93. The average molecular weight is 322 g/mol. The third kappa shape index (κ3) is 4.32. The molecular weight excluding hydrogens is 292 g/mol. The van der Waals surface area contributed by atoms with E-state index in [0.717, 1.165) is 39.3 Å². The van der Waals surface area contributed by atoms with E-state index in [0.29, 0.717) is 18.5 Å². The van der Waals surface area contributed by atoms with E-state index in [1.807, 2.05) is 11.8 Å². The fourth-order valence-corrected chi connectivity index (χ4v) is 3.63. The summed E-state index contributed by atoms with van der Waals surface area (Å²) in [6.07, 6.45) is 1.70. The van der Waals surface area contributed by atoms with Crippen molar-refractivity contribution in [3.8, 4) is 0 Å². The molecule has 0 bridgehead atoms. The van der Waals surface area contributed by atoms with Crippen molar-refractivity contribution in [3.63, 3.8) is 0 Å². The summed E-state index contributed by atoms with van der Waals surface area (Å²) in [4.78, 5) is 30.2. The molecule has 2 saturated heterocycles. The van der Waals surface area contributed by atoms with Crippen molar-refractivity contribution in [2.45, 2.75) is 32.9 Å². The second-order valence-corrected chi connectivity index (χ2v) is 6.75. The topological polar surface area (TPSA) is 55.9 Å². The highest BCUT2D eigenvalue weighted by Gasteiger charge is 2.38. The molecule has 3 atom stereocenters. The number of amides is 2. The minimum atomic E-state index is -0.110. The van der Waals surface area contributed by atoms with Gasteiger partial charge in [-0.3, -0.25) is 19.4 Å². The van der Waals surface area contributed by atoms with Gasteiger partial charge in [-0.15, -0.1) is 6.58 Å². The van der Waals surface area contributed by atoms with Gasteiger partial charge in [0, 0.05) is 58.8 Å². The number of piperazine rings is 1. The van der Waals surface area contributed by atoms with Crippen molar-refractivity contribution < 1.29 is 9.59 Å². The Morgan fingerprint density at radius 3 is 2.48 bits per heavy atom. The van der Waals surface area contributed by atoms with Crippen molar-refractivity contribution in [1.29, 1.82) is 0 Å². The summed E-state index contributed by atoms with van der Waals surface area (Å²) in [6.45, 7) is 15.4. The van der Waals surface area contributed by atoms with Gasteiger partial charge in [0.25, 0.3) is 0 Å². The first-order valence-corrected chi connectivity index (χ1v) is 8.56. The van der Waals surface area contributed by atoms with Crippen LogP contribution in [0.4, 0.5) is 0 Å². The first-order chi connectivity index (χ1) is 10.9. The lowest BCUT2D eigenvalue weighted by atomic mass is 10.0. The van der Waals surface area contributed by atoms with Gasteiger partial charge in [-0.2, -0.15) is 0 Å². The van der Waals surface area contributed by atoms with Gasteiger partial charge in [-0.1, -0.05) is 13.0 Å². The van der Waals surface area contributed by atoms with Crippen molar-refractivity contribution in [2.24, 2.45) is 5.92 Å². The van der Waals surface area contributed by atoms with Crippen LogP contribution in [0.2, 0.25) is 0 Å². The summed E-state index contributed by atoms with van der Waals surface area (Å²) in [7, 11) is 0. The molecule has 0 radical (unpaired) electrons. The molecule has 3 unspecified atom stereocenters. The molecule has 2 amide bonds. The van der Waals surface area contributed by atoms with E-state index < -0.39 is 0 Å². The van der Waals surface area contributed by atoms with Gasteiger partial charge in [0.05, 0.1) is 6.04 Å². The number of likely N-dealkylation sites (tertiary alicyclic amines) is 1. The molecule has 0 aromatic rings. The van der Waals surface area contributed by atoms with Crippen LogP contribution in [0.15, 0.2) is 12.7 Å². The molecule has 23 heavy (non-hydrogen) atoms. The van der Waals surface area contributed by atoms with Gasteiger partial charge in [0.15, 0.2) is 0 Å². The number of rotatable bonds is 5. The summed E-state index contributed by atoms with van der Waals surface area (Å²) < 4.78 is 0. The molecular formula is C17H30N4O2. The van der Waals surface area contributed by atoms with Gasteiger partial charge in [-0.25, -0.2) is 0 Å². The van der Waals surface area contributed by atoms with E-state index in [-0.39, 0.29) is 17.9 Å². The van der Waals surface area contributed by atoms with Crippen LogP contribution in [0.25, 0.3) is 0 Å². The zero-order valence-corrected chi connectivity index (χ0v) is 14.6. The van der Waals surface area contributed by atoms with Gasteiger partial charge in [0.2, 0.25) is 11.8 Å². The van der Waals surface area contributed by atoms with Crippen LogP contribution in [0.3, 0.4) is 0 Å². The Kier molecular flexibility index (Phi) is 6.18. The highest BCUT2D eigenvalue weighted by Crippen LogP contribution is 2.24. The average Bonchev–Trinajstić information content (AvgIpc) is 2.93. The lowest BCUT2D eigenvalue weighted by Crippen LogP contribution is -2.53. The Balaban J connectivity index is 1.87. The molecule has 2 aliphatic heterocycles. The SMILES string of the molecule is C=CCNC(=O)C(C)N1CC(C)C(N2CCN(C(C)=O)CC2)C1. The maximum atomic E-state index is 12.1. The smallest absolute Gasteiger partial charge is 0.237 e. The zero-order chi connectivity index (χ0) is 17.0. The first kappa shape index (κ1) is 17.9. The van der Waals surface area contributed by atoms with Gasteiger partial charge in [-0.05, 0) is 12.8 Å².